The Morgan fingerprint density at radius 3 is 2.69 bits per heavy atom. The zero-order chi connectivity index (χ0) is 24.4. The number of benzene rings is 2. The number of nitrogens with one attached hydrogen (secondary N) is 3. The first-order valence-corrected chi connectivity index (χ1v) is 11.2. The molecule has 2 aromatic heterocycles. The van der Waals surface area contributed by atoms with Crippen LogP contribution >= 0.6 is 0 Å². The van der Waals surface area contributed by atoms with Crippen molar-refractivity contribution in [1.29, 1.82) is 0 Å². The summed E-state index contributed by atoms with van der Waals surface area (Å²) in [7, 11) is 0. The van der Waals surface area contributed by atoms with Crippen molar-refractivity contribution in [3.63, 3.8) is 0 Å². The van der Waals surface area contributed by atoms with E-state index in [1.165, 1.54) is 24.4 Å². The molecule has 0 saturated heterocycles. The fraction of sp³-hybridized carbons (Fsp3) is 0.154. The number of hydrogen-bond acceptors (Lipinski definition) is 6. The lowest BCUT2D eigenvalue weighted by Gasteiger charge is -2.13. The second-order valence-electron chi connectivity index (χ2n) is 8.29. The molecule has 4 heterocycles. The van der Waals surface area contributed by atoms with Gasteiger partial charge in [0, 0.05) is 35.8 Å². The molecule has 3 N–H and O–H groups in total. The van der Waals surface area contributed by atoms with Gasteiger partial charge >= 0.3 is 0 Å². The minimum Gasteiger partial charge on any atom is -0.352 e. The molecule has 2 aromatic carbocycles. The van der Waals surface area contributed by atoms with Gasteiger partial charge in [0.1, 0.15) is 11.6 Å². The van der Waals surface area contributed by atoms with E-state index in [0.717, 1.165) is 23.2 Å². The molecule has 0 unspecified atom stereocenters. The molecule has 2 aliphatic rings. The molecule has 7 nitrogen and oxygen atoms in total. The number of halogens is 2. The SMILES string of the molecule is Cc1cnc2nc1Nc1cccc(c1)CCCNC(=O)c1ccc(cc1F)-c1cnc(F)c(c1)N2. The van der Waals surface area contributed by atoms with Gasteiger partial charge in [-0.3, -0.25) is 4.79 Å². The summed E-state index contributed by atoms with van der Waals surface area (Å²) in [5, 5.41) is 8.93. The molecule has 0 radical (unpaired) electrons. The van der Waals surface area contributed by atoms with Gasteiger partial charge < -0.3 is 16.0 Å². The molecule has 0 aliphatic carbocycles. The molecule has 35 heavy (non-hydrogen) atoms. The summed E-state index contributed by atoms with van der Waals surface area (Å²) in [6.45, 7) is 2.28. The summed E-state index contributed by atoms with van der Waals surface area (Å²) < 4.78 is 29.3. The van der Waals surface area contributed by atoms with Crippen LogP contribution in [0.1, 0.15) is 27.9 Å². The maximum Gasteiger partial charge on any atom is 0.254 e. The van der Waals surface area contributed by atoms with E-state index in [-0.39, 0.29) is 17.2 Å². The third-order valence-electron chi connectivity index (χ3n) is 5.72. The Kier molecular flexibility index (Phi) is 6.05. The largest absolute Gasteiger partial charge is 0.352 e. The number of pyridine rings is 1. The third-order valence-corrected chi connectivity index (χ3v) is 5.72. The van der Waals surface area contributed by atoms with Gasteiger partial charge in [-0.15, -0.1) is 0 Å². The van der Waals surface area contributed by atoms with Crippen molar-refractivity contribution in [1.82, 2.24) is 20.3 Å². The Bertz CT molecular complexity index is 1430. The number of anilines is 4. The summed E-state index contributed by atoms with van der Waals surface area (Å²) in [4.78, 5) is 25.0. The van der Waals surface area contributed by atoms with Crippen LogP contribution in [0.4, 0.5) is 31.9 Å². The average Bonchev–Trinajstić information content (AvgIpc) is 2.85. The van der Waals surface area contributed by atoms with E-state index in [1.807, 2.05) is 31.2 Å². The Balaban J connectivity index is 1.57. The van der Waals surface area contributed by atoms with Crippen LogP contribution in [0.2, 0.25) is 0 Å². The highest BCUT2D eigenvalue weighted by atomic mass is 19.1. The minimum absolute atomic E-state index is 0.0379. The van der Waals surface area contributed by atoms with E-state index in [1.54, 1.807) is 12.3 Å². The number of aromatic nitrogens is 3. The Morgan fingerprint density at radius 1 is 0.943 bits per heavy atom. The number of amides is 1. The smallest absolute Gasteiger partial charge is 0.254 e. The first-order valence-electron chi connectivity index (χ1n) is 11.2. The Hall–Kier alpha value is -4.40. The number of carbonyl (C=O) groups excluding carboxylic acids is 1. The molecular weight excluding hydrogens is 450 g/mol. The second-order valence-corrected chi connectivity index (χ2v) is 8.29. The van der Waals surface area contributed by atoms with Crippen LogP contribution < -0.4 is 16.0 Å². The lowest BCUT2D eigenvalue weighted by molar-refractivity contribution is 0.0949. The standard InChI is InChI=1S/C26H22F2N6O/c1-15-13-31-26-33-22-12-18(14-30-23(22)28)17-7-8-20(21(27)11-17)25(35)29-9-3-5-16-4-2-6-19(10-16)32-24(15)34-26/h2,4,6-8,10-14H,3,5,9H2,1H3,(H,29,35)(H2,31,32,33,34). The predicted molar refractivity (Wildman–Crippen MR) is 130 cm³/mol. The first-order chi connectivity index (χ1) is 17.0. The number of hydrogen-bond donors (Lipinski definition) is 3. The molecule has 176 valence electrons. The van der Waals surface area contributed by atoms with E-state index in [2.05, 4.69) is 30.9 Å². The van der Waals surface area contributed by atoms with E-state index in [4.69, 9.17) is 0 Å². The zero-order valence-corrected chi connectivity index (χ0v) is 18.9. The van der Waals surface area contributed by atoms with Crippen molar-refractivity contribution in [3.05, 3.63) is 89.4 Å². The highest BCUT2D eigenvalue weighted by Crippen LogP contribution is 2.28. The van der Waals surface area contributed by atoms with Crippen LogP contribution in [0.5, 0.6) is 0 Å². The van der Waals surface area contributed by atoms with Crippen molar-refractivity contribution in [2.75, 3.05) is 17.2 Å². The lowest BCUT2D eigenvalue weighted by atomic mass is 10.0. The van der Waals surface area contributed by atoms with Gasteiger partial charge in [0.25, 0.3) is 5.91 Å². The van der Waals surface area contributed by atoms with Crippen molar-refractivity contribution in [2.45, 2.75) is 19.8 Å². The van der Waals surface area contributed by atoms with Gasteiger partial charge in [0.05, 0.1) is 11.3 Å². The molecular formula is C26H22F2N6O. The van der Waals surface area contributed by atoms with Crippen LogP contribution in [0.15, 0.2) is 60.9 Å². The zero-order valence-electron chi connectivity index (χ0n) is 18.9. The van der Waals surface area contributed by atoms with Crippen molar-refractivity contribution in [3.8, 4) is 11.1 Å². The minimum atomic E-state index is -0.751. The van der Waals surface area contributed by atoms with Crippen molar-refractivity contribution in [2.24, 2.45) is 0 Å². The number of aryl methyl sites for hydroxylation is 2. The molecule has 8 bridgehead atoms. The van der Waals surface area contributed by atoms with E-state index in [0.29, 0.717) is 29.9 Å². The van der Waals surface area contributed by atoms with Crippen LogP contribution in [-0.4, -0.2) is 27.4 Å². The first kappa shape index (κ1) is 22.4. The fourth-order valence-corrected chi connectivity index (χ4v) is 3.85. The Morgan fingerprint density at radius 2 is 1.83 bits per heavy atom. The predicted octanol–water partition coefficient (Wildman–Crippen LogP) is 5.29. The summed E-state index contributed by atoms with van der Waals surface area (Å²) in [6.07, 6.45) is 4.36. The van der Waals surface area contributed by atoms with Crippen LogP contribution in [0.3, 0.4) is 0 Å². The molecule has 0 fully saturated rings. The van der Waals surface area contributed by atoms with Gasteiger partial charge in [-0.1, -0.05) is 18.2 Å². The summed E-state index contributed by atoms with van der Waals surface area (Å²) in [5.74, 6) is -1.15. The molecule has 2 aliphatic heterocycles. The highest BCUT2D eigenvalue weighted by molar-refractivity contribution is 5.95. The van der Waals surface area contributed by atoms with Gasteiger partial charge in [0.2, 0.25) is 11.9 Å². The second kappa shape index (κ2) is 9.46. The maximum absolute atomic E-state index is 14.8. The molecule has 0 atom stereocenters. The normalized spacial score (nSPS) is 13.4. The number of rotatable bonds is 0. The molecule has 1 amide bonds. The molecule has 9 heteroatoms. The van der Waals surface area contributed by atoms with Gasteiger partial charge in [-0.05, 0) is 61.2 Å². The van der Waals surface area contributed by atoms with Crippen LogP contribution in [0, 0.1) is 18.7 Å². The summed E-state index contributed by atoms with van der Waals surface area (Å²) in [5.41, 5.74) is 3.63. The molecule has 0 saturated carbocycles. The van der Waals surface area contributed by atoms with Gasteiger partial charge in [0.15, 0.2) is 0 Å². The lowest BCUT2D eigenvalue weighted by Crippen LogP contribution is -2.25. The van der Waals surface area contributed by atoms with Gasteiger partial charge in [-0.25, -0.2) is 14.4 Å². The Labute approximate surface area is 200 Å². The quantitative estimate of drug-likeness (QED) is 0.301. The monoisotopic (exact) mass is 472 g/mol. The van der Waals surface area contributed by atoms with Crippen LogP contribution in [0.25, 0.3) is 11.1 Å². The van der Waals surface area contributed by atoms with Crippen LogP contribution in [-0.2, 0) is 6.42 Å². The average molecular weight is 472 g/mol. The third kappa shape index (κ3) is 4.93. The molecule has 0 spiro atoms. The van der Waals surface area contributed by atoms with Crippen molar-refractivity contribution >= 4 is 29.0 Å². The molecule has 4 aromatic rings. The topological polar surface area (TPSA) is 91.8 Å². The number of carbonyl (C=O) groups is 1. The summed E-state index contributed by atoms with van der Waals surface area (Å²) in [6, 6.07) is 13.6. The number of fused-ring (bicyclic) bond motifs is 6. The van der Waals surface area contributed by atoms with E-state index in [9.17, 15) is 13.6 Å². The maximum atomic E-state index is 14.8. The fourth-order valence-electron chi connectivity index (χ4n) is 3.85. The van der Waals surface area contributed by atoms with Crippen molar-refractivity contribution < 1.29 is 13.6 Å². The van der Waals surface area contributed by atoms with E-state index < -0.39 is 17.7 Å². The van der Waals surface area contributed by atoms with E-state index >= 15 is 0 Å². The number of nitrogens with zero attached hydrogens (tertiary/aromatic N) is 3. The van der Waals surface area contributed by atoms with Gasteiger partial charge in [-0.2, -0.15) is 9.37 Å². The summed E-state index contributed by atoms with van der Waals surface area (Å²) >= 11 is 0. The highest BCUT2D eigenvalue weighted by Gasteiger charge is 2.15. The molecule has 6 rings (SSSR count).